The van der Waals surface area contributed by atoms with Crippen molar-refractivity contribution in [2.24, 2.45) is 0 Å². The normalized spacial score (nSPS) is 14.5. The van der Waals surface area contributed by atoms with Gasteiger partial charge < -0.3 is 10.1 Å². The Labute approximate surface area is 115 Å². The van der Waals surface area contributed by atoms with E-state index in [1.807, 2.05) is 0 Å². The molecule has 0 saturated heterocycles. The van der Waals surface area contributed by atoms with Crippen LogP contribution in [0.2, 0.25) is 0 Å². The third kappa shape index (κ3) is 2.77. The lowest BCUT2D eigenvalue weighted by Crippen LogP contribution is -2.26. The van der Waals surface area contributed by atoms with E-state index in [4.69, 9.17) is 4.74 Å². The summed E-state index contributed by atoms with van der Waals surface area (Å²) in [5.41, 5.74) is 1.46. The zero-order chi connectivity index (χ0) is 14.7. The van der Waals surface area contributed by atoms with Crippen LogP contribution >= 0.6 is 0 Å². The molecule has 1 aliphatic heterocycles. The average Bonchev–Trinajstić information content (AvgIpc) is 2.71. The number of nitrogens with one attached hydrogen (secondary N) is 1. The molecule has 1 aromatic rings. The van der Waals surface area contributed by atoms with Crippen molar-refractivity contribution in [3.05, 3.63) is 53.6 Å². The molecule has 5 heteroatoms. The molecule has 1 N–H and O–H groups in total. The first-order chi connectivity index (χ1) is 9.52. The lowest BCUT2D eigenvalue weighted by Gasteiger charge is -2.06. The summed E-state index contributed by atoms with van der Waals surface area (Å²) in [5, 5.41) is 2.62. The molecule has 1 aromatic carbocycles. The average molecular weight is 275 g/mol. The van der Waals surface area contributed by atoms with Crippen molar-refractivity contribution in [1.82, 2.24) is 5.32 Å². The number of halogens is 1. The molecule has 0 radical (unpaired) electrons. The number of cyclic esters (lactones) is 1. The van der Waals surface area contributed by atoms with Gasteiger partial charge in [-0.15, -0.1) is 0 Å². The van der Waals surface area contributed by atoms with E-state index in [0.717, 1.165) is 0 Å². The number of benzene rings is 1. The highest BCUT2D eigenvalue weighted by atomic mass is 19.1. The van der Waals surface area contributed by atoms with Crippen LogP contribution in [0.1, 0.15) is 18.9 Å². The Kier molecular flexibility index (Phi) is 3.98. The SMILES string of the molecule is C=C1OC(=O)C(CNC(=O)CC)=C1c1ccc(F)cc1. The highest BCUT2D eigenvalue weighted by Gasteiger charge is 2.29. The van der Waals surface area contributed by atoms with Crippen LogP contribution in [0.5, 0.6) is 0 Å². The number of hydrogen-bond donors (Lipinski definition) is 1. The van der Waals surface area contributed by atoms with Gasteiger partial charge in [0.1, 0.15) is 11.6 Å². The van der Waals surface area contributed by atoms with E-state index in [9.17, 15) is 14.0 Å². The highest BCUT2D eigenvalue weighted by Crippen LogP contribution is 2.33. The number of hydrogen-bond acceptors (Lipinski definition) is 3. The van der Waals surface area contributed by atoms with Crippen molar-refractivity contribution in [3.63, 3.8) is 0 Å². The molecule has 0 atom stereocenters. The zero-order valence-corrected chi connectivity index (χ0v) is 11.0. The van der Waals surface area contributed by atoms with Crippen LogP contribution in [-0.2, 0) is 14.3 Å². The highest BCUT2D eigenvalue weighted by molar-refractivity contribution is 6.07. The minimum Gasteiger partial charge on any atom is -0.423 e. The first-order valence-electron chi connectivity index (χ1n) is 6.20. The van der Waals surface area contributed by atoms with E-state index in [0.29, 0.717) is 23.1 Å². The van der Waals surface area contributed by atoms with Gasteiger partial charge >= 0.3 is 5.97 Å². The third-order valence-electron chi connectivity index (χ3n) is 2.96. The molecule has 1 heterocycles. The van der Waals surface area contributed by atoms with Crippen molar-refractivity contribution in [1.29, 1.82) is 0 Å². The fourth-order valence-corrected chi connectivity index (χ4v) is 1.92. The van der Waals surface area contributed by atoms with Crippen molar-refractivity contribution in [2.45, 2.75) is 13.3 Å². The molecule has 4 nitrogen and oxygen atoms in total. The molecule has 1 aliphatic rings. The van der Waals surface area contributed by atoms with Crippen molar-refractivity contribution < 1.29 is 18.7 Å². The second kappa shape index (κ2) is 5.69. The fraction of sp³-hybridized carbons (Fsp3) is 0.200. The van der Waals surface area contributed by atoms with Gasteiger partial charge in [-0.25, -0.2) is 9.18 Å². The van der Waals surface area contributed by atoms with Gasteiger partial charge in [0.05, 0.1) is 12.1 Å². The Morgan fingerprint density at radius 3 is 2.60 bits per heavy atom. The van der Waals surface area contributed by atoms with Crippen LogP contribution in [0.3, 0.4) is 0 Å². The third-order valence-corrected chi connectivity index (χ3v) is 2.96. The van der Waals surface area contributed by atoms with Gasteiger partial charge in [0.15, 0.2) is 0 Å². The smallest absolute Gasteiger partial charge is 0.341 e. The van der Waals surface area contributed by atoms with Crippen molar-refractivity contribution in [3.8, 4) is 0 Å². The van der Waals surface area contributed by atoms with E-state index in [1.54, 1.807) is 19.1 Å². The second-order valence-electron chi connectivity index (χ2n) is 4.30. The van der Waals surface area contributed by atoms with Crippen LogP contribution in [0.15, 0.2) is 42.2 Å². The summed E-state index contributed by atoms with van der Waals surface area (Å²) in [5.74, 6) is -0.861. The minimum absolute atomic E-state index is 0.0667. The largest absolute Gasteiger partial charge is 0.423 e. The molecular weight excluding hydrogens is 261 g/mol. The Balaban J connectivity index is 2.34. The lowest BCUT2D eigenvalue weighted by molar-refractivity contribution is -0.133. The Morgan fingerprint density at radius 2 is 2.00 bits per heavy atom. The Morgan fingerprint density at radius 1 is 1.35 bits per heavy atom. The molecule has 1 amide bonds. The summed E-state index contributed by atoms with van der Waals surface area (Å²) in [6, 6.07) is 5.67. The van der Waals surface area contributed by atoms with Gasteiger partial charge in [-0.1, -0.05) is 25.6 Å². The summed E-state index contributed by atoms with van der Waals surface area (Å²) in [7, 11) is 0. The summed E-state index contributed by atoms with van der Waals surface area (Å²) < 4.78 is 17.9. The predicted molar refractivity (Wildman–Crippen MR) is 71.9 cm³/mol. The molecule has 0 unspecified atom stereocenters. The second-order valence-corrected chi connectivity index (χ2v) is 4.30. The minimum atomic E-state index is -0.536. The van der Waals surface area contributed by atoms with Gasteiger partial charge in [-0.2, -0.15) is 0 Å². The Bertz CT molecular complexity index is 602. The number of carbonyl (C=O) groups is 2. The number of esters is 1. The number of allylic oxidation sites excluding steroid dienone is 1. The van der Waals surface area contributed by atoms with E-state index >= 15 is 0 Å². The van der Waals surface area contributed by atoms with Crippen LogP contribution in [0.25, 0.3) is 5.57 Å². The van der Waals surface area contributed by atoms with Gasteiger partial charge in [0, 0.05) is 12.0 Å². The fourth-order valence-electron chi connectivity index (χ4n) is 1.92. The molecule has 20 heavy (non-hydrogen) atoms. The van der Waals surface area contributed by atoms with E-state index in [2.05, 4.69) is 11.9 Å². The van der Waals surface area contributed by atoms with E-state index in [1.165, 1.54) is 12.1 Å². The maximum absolute atomic E-state index is 13.0. The quantitative estimate of drug-likeness (QED) is 0.857. The number of ether oxygens (including phenoxy) is 1. The summed E-state index contributed by atoms with van der Waals surface area (Å²) in [4.78, 5) is 23.1. The molecule has 0 aromatic heterocycles. The number of rotatable bonds is 4. The van der Waals surface area contributed by atoms with E-state index in [-0.39, 0.29) is 24.0 Å². The Hall–Kier alpha value is -2.43. The van der Waals surface area contributed by atoms with Gasteiger partial charge in [0.2, 0.25) is 5.91 Å². The van der Waals surface area contributed by atoms with Crippen LogP contribution in [0.4, 0.5) is 4.39 Å². The first kappa shape index (κ1) is 14.0. The van der Waals surface area contributed by atoms with Crippen molar-refractivity contribution >= 4 is 17.4 Å². The van der Waals surface area contributed by atoms with Crippen LogP contribution in [0, 0.1) is 5.82 Å². The summed E-state index contributed by atoms with van der Waals surface area (Å²) in [6.07, 6.45) is 0.329. The molecule has 0 bridgehead atoms. The lowest BCUT2D eigenvalue weighted by atomic mass is 10.00. The van der Waals surface area contributed by atoms with Gasteiger partial charge in [-0.05, 0) is 17.7 Å². The topological polar surface area (TPSA) is 55.4 Å². The van der Waals surface area contributed by atoms with Crippen LogP contribution in [-0.4, -0.2) is 18.4 Å². The monoisotopic (exact) mass is 275 g/mol. The van der Waals surface area contributed by atoms with Gasteiger partial charge in [0.25, 0.3) is 0 Å². The first-order valence-corrected chi connectivity index (χ1v) is 6.20. The molecule has 0 aliphatic carbocycles. The number of amides is 1. The van der Waals surface area contributed by atoms with Crippen LogP contribution < -0.4 is 5.32 Å². The molecule has 0 saturated carbocycles. The predicted octanol–water partition coefficient (Wildman–Crippen LogP) is 2.18. The zero-order valence-electron chi connectivity index (χ0n) is 11.0. The number of carbonyl (C=O) groups excluding carboxylic acids is 2. The standard InChI is InChI=1S/C15H14FNO3/c1-3-13(18)17-8-12-14(9(2)20-15(12)19)10-4-6-11(16)7-5-10/h4-7H,2-3,8H2,1H3,(H,17,18). The molecular formula is C15H14FNO3. The summed E-state index contributed by atoms with van der Waals surface area (Å²) >= 11 is 0. The molecule has 0 fully saturated rings. The molecule has 0 spiro atoms. The van der Waals surface area contributed by atoms with Crippen molar-refractivity contribution in [2.75, 3.05) is 6.54 Å². The molecule has 104 valence electrons. The maximum atomic E-state index is 13.0. The van der Waals surface area contributed by atoms with Gasteiger partial charge in [-0.3, -0.25) is 4.79 Å². The maximum Gasteiger partial charge on any atom is 0.341 e. The summed E-state index contributed by atoms with van der Waals surface area (Å²) in [6.45, 7) is 5.46. The van der Waals surface area contributed by atoms with E-state index < -0.39 is 5.97 Å². The molecule has 2 rings (SSSR count).